The van der Waals surface area contributed by atoms with Gasteiger partial charge in [0.05, 0.1) is 18.2 Å². The standard InChI is InChI=1S/C28H28N2O4/c1-17(2)16-34-23-12-9-20(14-19(23)4)26(31)24-25(21-6-5-13-29-15-21)30(28(33)27(24)32)22-10-7-18(3)8-11-22/h5-15,17,25,31H,16H2,1-4H3/b26-24-. The maximum Gasteiger partial charge on any atom is 0.300 e. The quantitative estimate of drug-likeness (QED) is 0.307. The van der Waals surface area contributed by atoms with Crippen molar-refractivity contribution in [3.63, 3.8) is 0 Å². The SMILES string of the molecule is Cc1ccc(N2C(=O)C(=O)/C(=C(\O)c3ccc(OCC(C)C)c(C)c3)C2c2cccnc2)cc1. The van der Waals surface area contributed by atoms with Crippen LogP contribution in [0.1, 0.15) is 42.1 Å². The minimum Gasteiger partial charge on any atom is -0.507 e. The largest absolute Gasteiger partial charge is 0.507 e. The van der Waals surface area contributed by atoms with Crippen molar-refractivity contribution in [2.45, 2.75) is 33.7 Å². The first kappa shape index (κ1) is 23.2. The lowest BCUT2D eigenvalue weighted by Gasteiger charge is -2.25. The molecular formula is C28H28N2O4. The van der Waals surface area contributed by atoms with Gasteiger partial charge in [-0.2, -0.15) is 0 Å². The third kappa shape index (κ3) is 4.44. The van der Waals surface area contributed by atoms with Gasteiger partial charge < -0.3 is 9.84 Å². The second-order valence-electron chi connectivity index (χ2n) is 8.98. The highest BCUT2D eigenvalue weighted by molar-refractivity contribution is 6.51. The Morgan fingerprint density at radius 2 is 1.82 bits per heavy atom. The van der Waals surface area contributed by atoms with E-state index in [-0.39, 0.29) is 11.3 Å². The van der Waals surface area contributed by atoms with Crippen molar-refractivity contribution in [1.82, 2.24) is 4.98 Å². The van der Waals surface area contributed by atoms with Crippen LogP contribution >= 0.6 is 0 Å². The second-order valence-corrected chi connectivity index (χ2v) is 8.98. The van der Waals surface area contributed by atoms with Crippen molar-refractivity contribution < 1.29 is 19.4 Å². The van der Waals surface area contributed by atoms with E-state index < -0.39 is 17.7 Å². The molecule has 0 aliphatic carbocycles. The summed E-state index contributed by atoms with van der Waals surface area (Å²) in [7, 11) is 0. The molecule has 1 aliphatic rings. The molecule has 0 radical (unpaired) electrons. The molecule has 3 aromatic rings. The number of aliphatic hydroxyl groups excluding tert-OH is 1. The smallest absolute Gasteiger partial charge is 0.300 e. The van der Waals surface area contributed by atoms with Crippen LogP contribution in [0, 0.1) is 19.8 Å². The van der Waals surface area contributed by atoms with E-state index in [0.29, 0.717) is 35.1 Å². The molecule has 1 atom stereocenters. The molecule has 1 N–H and O–H groups in total. The molecule has 1 saturated heterocycles. The topological polar surface area (TPSA) is 79.7 Å². The predicted octanol–water partition coefficient (Wildman–Crippen LogP) is 5.36. The van der Waals surface area contributed by atoms with E-state index in [4.69, 9.17) is 4.74 Å². The van der Waals surface area contributed by atoms with Crippen LogP contribution in [0.5, 0.6) is 5.75 Å². The average Bonchev–Trinajstić information content (AvgIpc) is 3.09. The third-order valence-corrected chi connectivity index (χ3v) is 5.78. The van der Waals surface area contributed by atoms with Gasteiger partial charge in [-0.15, -0.1) is 0 Å². The molecular weight excluding hydrogens is 428 g/mol. The van der Waals surface area contributed by atoms with E-state index in [9.17, 15) is 14.7 Å². The lowest BCUT2D eigenvalue weighted by Crippen LogP contribution is -2.29. The van der Waals surface area contributed by atoms with Crippen molar-refractivity contribution in [1.29, 1.82) is 0 Å². The molecule has 1 aromatic heterocycles. The first-order valence-corrected chi connectivity index (χ1v) is 11.3. The number of amides is 1. The second kappa shape index (κ2) is 9.51. The summed E-state index contributed by atoms with van der Waals surface area (Å²) < 4.78 is 5.84. The van der Waals surface area contributed by atoms with Crippen LogP contribution in [0.3, 0.4) is 0 Å². The minimum atomic E-state index is -0.798. The number of nitrogens with zero attached hydrogens (tertiary/aromatic N) is 2. The fraction of sp³-hybridized carbons (Fsp3) is 0.250. The van der Waals surface area contributed by atoms with E-state index in [1.165, 1.54) is 4.90 Å². The number of benzene rings is 2. The van der Waals surface area contributed by atoms with E-state index in [2.05, 4.69) is 18.8 Å². The zero-order valence-corrected chi connectivity index (χ0v) is 19.8. The van der Waals surface area contributed by atoms with Gasteiger partial charge >= 0.3 is 0 Å². The van der Waals surface area contributed by atoms with Crippen LogP contribution in [0.15, 0.2) is 72.6 Å². The van der Waals surface area contributed by atoms with Crippen LogP contribution in [0.2, 0.25) is 0 Å². The molecule has 6 heteroatoms. The number of aryl methyl sites for hydroxylation is 2. The van der Waals surface area contributed by atoms with Gasteiger partial charge in [0.15, 0.2) is 0 Å². The zero-order chi connectivity index (χ0) is 24.4. The van der Waals surface area contributed by atoms with Gasteiger partial charge in [0.2, 0.25) is 0 Å². The van der Waals surface area contributed by atoms with Crippen molar-refractivity contribution in [2.24, 2.45) is 5.92 Å². The van der Waals surface area contributed by atoms with Crippen LogP contribution in [0.25, 0.3) is 5.76 Å². The van der Waals surface area contributed by atoms with E-state index in [0.717, 1.165) is 11.1 Å². The van der Waals surface area contributed by atoms with Gasteiger partial charge in [0.1, 0.15) is 11.5 Å². The number of rotatable bonds is 6. The average molecular weight is 457 g/mol. The molecule has 0 saturated carbocycles. The third-order valence-electron chi connectivity index (χ3n) is 5.78. The normalized spacial score (nSPS) is 17.4. The molecule has 0 bridgehead atoms. The van der Waals surface area contributed by atoms with Gasteiger partial charge in [-0.25, -0.2) is 0 Å². The van der Waals surface area contributed by atoms with Gasteiger partial charge in [0, 0.05) is 23.6 Å². The number of carbonyl (C=O) groups is 2. The summed E-state index contributed by atoms with van der Waals surface area (Å²) in [6.45, 7) is 8.56. The number of ether oxygens (including phenoxy) is 1. The zero-order valence-electron chi connectivity index (χ0n) is 19.8. The molecule has 1 aliphatic heterocycles. The van der Waals surface area contributed by atoms with Gasteiger partial charge in [-0.1, -0.05) is 37.6 Å². The Hall–Kier alpha value is -3.93. The van der Waals surface area contributed by atoms with Crippen molar-refractivity contribution >= 4 is 23.1 Å². The summed E-state index contributed by atoms with van der Waals surface area (Å²) in [6, 6.07) is 15.4. The predicted molar refractivity (Wildman–Crippen MR) is 132 cm³/mol. The van der Waals surface area contributed by atoms with Gasteiger partial charge in [-0.3, -0.25) is 19.5 Å². The minimum absolute atomic E-state index is 0.0359. The molecule has 1 fully saturated rings. The van der Waals surface area contributed by atoms with E-state index in [1.807, 2.05) is 26.0 Å². The molecule has 1 unspecified atom stereocenters. The van der Waals surface area contributed by atoms with Crippen molar-refractivity contribution in [3.05, 3.63) is 94.8 Å². The highest BCUT2D eigenvalue weighted by atomic mass is 16.5. The Balaban J connectivity index is 1.83. The lowest BCUT2D eigenvalue weighted by atomic mass is 9.95. The molecule has 34 heavy (non-hydrogen) atoms. The highest BCUT2D eigenvalue weighted by Crippen LogP contribution is 2.42. The Morgan fingerprint density at radius 3 is 2.44 bits per heavy atom. The monoisotopic (exact) mass is 456 g/mol. The Kier molecular flexibility index (Phi) is 6.50. The molecule has 174 valence electrons. The lowest BCUT2D eigenvalue weighted by molar-refractivity contribution is -0.132. The van der Waals surface area contributed by atoms with Crippen molar-refractivity contribution in [2.75, 3.05) is 11.5 Å². The van der Waals surface area contributed by atoms with Crippen LogP contribution in [0.4, 0.5) is 5.69 Å². The highest BCUT2D eigenvalue weighted by Gasteiger charge is 2.47. The van der Waals surface area contributed by atoms with Crippen LogP contribution < -0.4 is 9.64 Å². The number of aliphatic hydroxyl groups is 1. The Labute approximate surface area is 199 Å². The fourth-order valence-corrected chi connectivity index (χ4v) is 4.03. The summed E-state index contributed by atoms with van der Waals surface area (Å²) in [6.07, 6.45) is 3.24. The summed E-state index contributed by atoms with van der Waals surface area (Å²) in [5, 5.41) is 11.3. The number of Topliss-reactive ketones (excluding diaryl/α,β-unsaturated/α-hetero) is 1. The van der Waals surface area contributed by atoms with Gasteiger partial charge in [-0.05, 0) is 67.3 Å². The van der Waals surface area contributed by atoms with Crippen molar-refractivity contribution in [3.8, 4) is 5.75 Å². The summed E-state index contributed by atoms with van der Waals surface area (Å²) in [5.41, 5.74) is 3.56. The fourth-order valence-electron chi connectivity index (χ4n) is 4.03. The number of pyridine rings is 1. The Morgan fingerprint density at radius 1 is 1.09 bits per heavy atom. The first-order chi connectivity index (χ1) is 16.3. The summed E-state index contributed by atoms with van der Waals surface area (Å²) in [4.78, 5) is 32.0. The number of carbonyl (C=O) groups excluding carboxylic acids is 2. The maximum absolute atomic E-state index is 13.2. The Bertz CT molecular complexity index is 1250. The van der Waals surface area contributed by atoms with E-state index >= 15 is 0 Å². The first-order valence-electron chi connectivity index (χ1n) is 11.3. The maximum atomic E-state index is 13.2. The number of hydrogen-bond donors (Lipinski definition) is 1. The number of anilines is 1. The molecule has 0 spiro atoms. The summed E-state index contributed by atoms with van der Waals surface area (Å²) >= 11 is 0. The summed E-state index contributed by atoms with van der Waals surface area (Å²) in [5.74, 6) is -0.545. The molecule has 2 aromatic carbocycles. The molecule has 4 rings (SSSR count). The van der Waals surface area contributed by atoms with Gasteiger partial charge in [0.25, 0.3) is 11.7 Å². The number of ketones is 1. The van der Waals surface area contributed by atoms with E-state index in [1.54, 1.807) is 54.9 Å². The molecule has 6 nitrogen and oxygen atoms in total. The van der Waals surface area contributed by atoms with Crippen LogP contribution in [-0.2, 0) is 9.59 Å². The number of aromatic nitrogens is 1. The molecule has 1 amide bonds. The number of hydrogen-bond acceptors (Lipinski definition) is 5. The van der Waals surface area contributed by atoms with Crippen LogP contribution in [-0.4, -0.2) is 28.4 Å². The molecule has 2 heterocycles.